The van der Waals surface area contributed by atoms with Crippen LogP contribution >= 0.6 is 0 Å². The quantitative estimate of drug-likeness (QED) is 0.897. The van der Waals surface area contributed by atoms with Gasteiger partial charge in [0.25, 0.3) is 5.56 Å². The Balaban J connectivity index is 1.53. The largest absolute Gasteiger partial charge is 0.370 e. The van der Waals surface area contributed by atoms with E-state index in [1.807, 2.05) is 4.90 Å². The molecular weight excluding hydrogens is 342 g/mol. The molecule has 2 heterocycles. The van der Waals surface area contributed by atoms with Gasteiger partial charge in [-0.2, -0.15) is 5.10 Å². The van der Waals surface area contributed by atoms with Gasteiger partial charge in [0.2, 0.25) is 5.91 Å². The average Bonchev–Trinajstić information content (AvgIpc) is 2.63. The summed E-state index contributed by atoms with van der Waals surface area (Å²) in [5, 5.41) is 6.72. The molecule has 26 heavy (non-hydrogen) atoms. The Bertz CT molecular complexity index is 861. The van der Waals surface area contributed by atoms with E-state index in [-0.39, 0.29) is 29.5 Å². The molecule has 2 aromatic rings. The van der Waals surface area contributed by atoms with Crippen LogP contribution in [-0.2, 0) is 18.4 Å². The van der Waals surface area contributed by atoms with Gasteiger partial charge in [-0.25, -0.2) is 13.5 Å². The number of amides is 1. The number of carbonyl (C=O) groups is 1. The summed E-state index contributed by atoms with van der Waals surface area (Å²) >= 11 is 0. The first-order chi connectivity index (χ1) is 12.4. The average molecular weight is 362 g/mol. The fourth-order valence-corrected chi connectivity index (χ4v) is 3.02. The van der Waals surface area contributed by atoms with Crippen LogP contribution in [0.2, 0.25) is 0 Å². The van der Waals surface area contributed by atoms with Gasteiger partial charge in [-0.15, -0.1) is 0 Å². The van der Waals surface area contributed by atoms with Gasteiger partial charge in [-0.05, 0) is 18.9 Å². The zero-order valence-electron chi connectivity index (χ0n) is 14.4. The second-order valence-corrected chi connectivity index (χ2v) is 6.39. The van der Waals surface area contributed by atoms with E-state index in [0.29, 0.717) is 25.9 Å². The fraction of sp³-hybridized carbons (Fsp3) is 0.389. The third kappa shape index (κ3) is 4.07. The van der Waals surface area contributed by atoms with Crippen LogP contribution in [-0.4, -0.2) is 28.8 Å². The fourth-order valence-electron chi connectivity index (χ4n) is 3.02. The molecule has 0 aliphatic carbocycles. The number of anilines is 1. The van der Waals surface area contributed by atoms with E-state index in [4.69, 9.17) is 0 Å². The molecule has 8 heteroatoms. The van der Waals surface area contributed by atoms with E-state index < -0.39 is 11.6 Å². The number of benzene rings is 1. The first-order valence-electron chi connectivity index (χ1n) is 8.44. The maximum absolute atomic E-state index is 13.6. The summed E-state index contributed by atoms with van der Waals surface area (Å²) in [7, 11) is 1.59. The van der Waals surface area contributed by atoms with Crippen molar-refractivity contribution in [1.29, 1.82) is 0 Å². The molecule has 1 saturated heterocycles. The van der Waals surface area contributed by atoms with E-state index in [9.17, 15) is 18.4 Å². The van der Waals surface area contributed by atoms with Crippen LogP contribution in [0.5, 0.6) is 0 Å². The number of nitrogens with zero attached hydrogens (tertiary/aromatic N) is 3. The van der Waals surface area contributed by atoms with Gasteiger partial charge < -0.3 is 10.2 Å². The highest BCUT2D eigenvalue weighted by atomic mass is 19.1. The number of hydrogen-bond acceptors (Lipinski definition) is 4. The molecule has 0 radical (unpaired) electrons. The molecule has 1 aliphatic heterocycles. The van der Waals surface area contributed by atoms with Crippen molar-refractivity contribution in [1.82, 2.24) is 15.1 Å². The summed E-state index contributed by atoms with van der Waals surface area (Å²) in [6.07, 6.45) is 2.90. The van der Waals surface area contributed by atoms with Gasteiger partial charge in [0.05, 0.1) is 11.9 Å². The number of rotatable bonds is 4. The van der Waals surface area contributed by atoms with E-state index in [1.54, 1.807) is 13.2 Å². The molecule has 6 nitrogen and oxygen atoms in total. The van der Waals surface area contributed by atoms with Gasteiger partial charge in [-0.3, -0.25) is 9.59 Å². The lowest BCUT2D eigenvalue weighted by Gasteiger charge is -2.32. The molecule has 0 atom stereocenters. The number of halogens is 2. The molecule has 0 saturated carbocycles. The van der Waals surface area contributed by atoms with Crippen LogP contribution < -0.4 is 15.8 Å². The molecule has 1 fully saturated rings. The lowest BCUT2D eigenvalue weighted by molar-refractivity contribution is -0.125. The summed E-state index contributed by atoms with van der Waals surface area (Å²) in [5.41, 5.74) is 0.826. The molecule has 1 aromatic carbocycles. The first kappa shape index (κ1) is 18.0. The first-order valence-corrected chi connectivity index (χ1v) is 8.44. The Labute approximate surface area is 149 Å². The molecule has 1 amide bonds. The van der Waals surface area contributed by atoms with E-state index in [1.165, 1.54) is 22.9 Å². The van der Waals surface area contributed by atoms with Crippen LogP contribution in [0.4, 0.5) is 14.5 Å². The van der Waals surface area contributed by atoms with Crippen molar-refractivity contribution < 1.29 is 13.6 Å². The second-order valence-electron chi connectivity index (χ2n) is 6.39. The number of aromatic nitrogens is 2. The van der Waals surface area contributed by atoms with Crippen LogP contribution in [0.3, 0.4) is 0 Å². The van der Waals surface area contributed by atoms with E-state index >= 15 is 0 Å². The topological polar surface area (TPSA) is 67.2 Å². The lowest BCUT2D eigenvalue weighted by Crippen LogP contribution is -2.41. The predicted molar refractivity (Wildman–Crippen MR) is 92.6 cm³/mol. The van der Waals surface area contributed by atoms with Crippen molar-refractivity contribution in [2.24, 2.45) is 13.0 Å². The summed E-state index contributed by atoms with van der Waals surface area (Å²) < 4.78 is 27.8. The van der Waals surface area contributed by atoms with Gasteiger partial charge >= 0.3 is 0 Å². The molecule has 0 unspecified atom stereocenters. The van der Waals surface area contributed by atoms with Gasteiger partial charge in [-0.1, -0.05) is 6.07 Å². The molecule has 0 bridgehead atoms. The van der Waals surface area contributed by atoms with Crippen LogP contribution in [0.15, 0.2) is 35.3 Å². The van der Waals surface area contributed by atoms with E-state index in [0.717, 1.165) is 11.8 Å². The van der Waals surface area contributed by atoms with Crippen molar-refractivity contribution in [2.75, 3.05) is 18.0 Å². The minimum absolute atomic E-state index is 0.0316. The molecule has 0 spiro atoms. The van der Waals surface area contributed by atoms with Crippen LogP contribution in [0.25, 0.3) is 0 Å². The molecule has 1 N–H and O–H groups in total. The highest BCUT2D eigenvalue weighted by molar-refractivity contribution is 5.79. The third-order valence-electron chi connectivity index (χ3n) is 4.65. The van der Waals surface area contributed by atoms with Crippen molar-refractivity contribution >= 4 is 11.6 Å². The van der Waals surface area contributed by atoms with Crippen LogP contribution in [0.1, 0.15) is 18.4 Å². The minimum Gasteiger partial charge on any atom is -0.370 e. The van der Waals surface area contributed by atoms with Gasteiger partial charge in [0.15, 0.2) is 0 Å². The summed E-state index contributed by atoms with van der Waals surface area (Å²) in [6.45, 7) is 1.31. The molecule has 1 aromatic heterocycles. The summed E-state index contributed by atoms with van der Waals surface area (Å²) in [5.74, 6) is -1.63. The Morgan fingerprint density at radius 1 is 1.27 bits per heavy atom. The number of aryl methyl sites for hydroxylation is 1. The highest BCUT2D eigenvalue weighted by Crippen LogP contribution is 2.22. The lowest BCUT2D eigenvalue weighted by atomic mass is 9.95. The summed E-state index contributed by atoms with van der Waals surface area (Å²) in [6, 6.07) is 4.83. The van der Waals surface area contributed by atoms with Gasteiger partial charge in [0.1, 0.15) is 11.6 Å². The van der Waals surface area contributed by atoms with Crippen molar-refractivity contribution in [2.45, 2.75) is 19.4 Å². The number of carbonyl (C=O) groups excluding carboxylic acids is 1. The second kappa shape index (κ2) is 7.63. The minimum atomic E-state index is -0.668. The maximum atomic E-state index is 13.6. The molecule has 3 rings (SSSR count). The third-order valence-corrected chi connectivity index (χ3v) is 4.65. The number of hydrogen-bond donors (Lipinski definition) is 1. The van der Waals surface area contributed by atoms with Crippen molar-refractivity contribution in [3.8, 4) is 0 Å². The number of nitrogens with one attached hydrogen (secondary N) is 1. The van der Waals surface area contributed by atoms with E-state index in [2.05, 4.69) is 10.4 Å². The van der Waals surface area contributed by atoms with Crippen LogP contribution in [0, 0.1) is 17.6 Å². The molecular formula is C18H20F2N4O2. The van der Waals surface area contributed by atoms with Crippen molar-refractivity contribution in [3.05, 3.63) is 58.0 Å². The summed E-state index contributed by atoms with van der Waals surface area (Å²) in [4.78, 5) is 26.0. The Hall–Kier alpha value is -2.77. The number of piperidine rings is 1. The standard InChI is InChI=1S/C18H20F2N4O2/c1-23-17(25)9-15(11-22-23)24-6-4-12(5-7-24)18(26)21-10-13-2-3-14(19)8-16(13)20/h2-3,8-9,11-12H,4-7,10H2,1H3,(H,21,26). The van der Waals surface area contributed by atoms with Crippen molar-refractivity contribution in [3.63, 3.8) is 0 Å². The zero-order valence-corrected chi connectivity index (χ0v) is 14.4. The normalized spacial score (nSPS) is 15.1. The monoisotopic (exact) mass is 362 g/mol. The molecule has 1 aliphatic rings. The Kier molecular flexibility index (Phi) is 5.29. The van der Waals surface area contributed by atoms with Gasteiger partial charge in [0, 0.05) is 50.3 Å². The maximum Gasteiger partial charge on any atom is 0.268 e. The smallest absolute Gasteiger partial charge is 0.268 e. The predicted octanol–water partition coefficient (Wildman–Crippen LogP) is 1.59. The Morgan fingerprint density at radius 3 is 2.65 bits per heavy atom. The SMILES string of the molecule is Cn1ncc(N2CCC(C(=O)NCc3ccc(F)cc3F)CC2)cc1=O. The Morgan fingerprint density at radius 2 is 2.00 bits per heavy atom. The highest BCUT2D eigenvalue weighted by Gasteiger charge is 2.25. The zero-order chi connectivity index (χ0) is 18.7. The molecule has 138 valence electrons.